The number of rotatable bonds is 2. The van der Waals surface area contributed by atoms with Gasteiger partial charge in [-0.1, -0.05) is 0 Å². The number of hydrogen-bond acceptors (Lipinski definition) is 4. The summed E-state index contributed by atoms with van der Waals surface area (Å²) < 4.78 is 5.18. The molecular formula is C10H18N2O2S. The second-order valence-corrected chi connectivity index (χ2v) is 5.54. The van der Waals surface area contributed by atoms with Crippen LogP contribution in [-0.2, 0) is 9.53 Å². The van der Waals surface area contributed by atoms with E-state index in [4.69, 9.17) is 10.5 Å². The first-order valence-electron chi connectivity index (χ1n) is 5.46. The van der Waals surface area contributed by atoms with Crippen molar-refractivity contribution in [3.05, 3.63) is 0 Å². The predicted molar refractivity (Wildman–Crippen MR) is 60.8 cm³/mol. The van der Waals surface area contributed by atoms with Crippen LogP contribution in [0.2, 0.25) is 0 Å². The van der Waals surface area contributed by atoms with Crippen LogP contribution in [0, 0.1) is 0 Å². The topological polar surface area (TPSA) is 64.4 Å². The fourth-order valence-electron chi connectivity index (χ4n) is 1.93. The Balaban J connectivity index is 1.85. The van der Waals surface area contributed by atoms with Gasteiger partial charge in [-0.2, -0.15) is 11.8 Å². The number of hydrogen-bond donors (Lipinski definition) is 2. The van der Waals surface area contributed by atoms with E-state index < -0.39 is 5.54 Å². The minimum atomic E-state index is -0.773. The van der Waals surface area contributed by atoms with Crippen LogP contribution in [0.25, 0.3) is 0 Å². The molecule has 0 saturated carbocycles. The number of carbonyl (C=O) groups is 1. The maximum absolute atomic E-state index is 11.9. The van der Waals surface area contributed by atoms with Gasteiger partial charge in [-0.05, 0) is 30.8 Å². The van der Waals surface area contributed by atoms with Gasteiger partial charge in [-0.25, -0.2) is 0 Å². The third-order valence-corrected chi connectivity index (χ3v) is 4.11. The largest absolute Gasteiger partial charge is 0.379 e. The Labute approximate surface area is 94.3 Å². The molecule has 0 aromatic heterocycles. The van der Waals surface area contributed by atoms with Crippen molar-refractivity contribution in [1.82, 2.24) is 5.32 Å². The summed E-state index contributed by atoms with van der Waals surface area (Å²) in [7, 11) is 0. The molecule has 4 nitrogen and oxygen atoms in total. The van der Waals surface area contributed by atoms with Gasteiger partial charge in [0.1, 0.15) is 5.54 Å². The van der Waals surface area contributed by atoms with E-state index in [1.54, 1.807) is 0 Å². The molecule has 15 heavy (non-hydrogen) atoms. The van der Waals surface area contributed by atoms with E-state index in [-0.39, 0.29) is 5.91 Å². The van der Waals surface area contributed by atoms with E-state index in [1.807, 2.05) is 11.8 Å². The molecule has 1 atom stereocenters. The molecule has 0 aromatic carbocycles. The smallest absolute Gasteiger partial charge is 0.242 e. The summed E-state index contributed by atoms with van der Waals surface area (Å²) in [6, 6.07) is 0.319. The highest BCUT2D eigenvalue weighted by Crippen LogP contribution is 2.20. The van der Waals surface area contributed by atoms with Gasteiger partial charge >= 0.3 is 0 Å². The Kier molecular flexibility index (Phi) is 3.53. The molecule has 86 valence electrons. The molecule has 2 fully saturated rings. The third-order valence-electron chi connectivity index (χ3n) is 3.06. The van der Waals surface area contributed by atoms with Gasteiger partial charge < -0.3 is 15.8 Å². The molecular weight excluding hydrogens is 212 g/mol. The van der Waals surface area contributed by atoms with Crippen molar-refractivity contribution in [2.75, 3.05) is 24.7 Å². The predicted octanol–water partition coefficient (Wildman–Crippen LogP) is 0.116. The van der Waals surface area contributed by atoms with E-state index in [0.29, 0.717) is 25.7 Å². The lowest BCUT2D eigenvalue weighted by Gasteiger charge is -2.27. The molecule has 1 unspecified atom stereocenters. The highest BCUT2D eigenvalue weighted by atomic mass is 32.2. The number of carbonyl (C=O) groups excluding carboxylic acids is 1. The van der Waals surface area contributed by atoms with Crippen LogP contribution in [0.1, 0.15) is 19.3 Å². The van der Waals surface area contributed by atoms with Gasteiger partial charge in [0, 0.05) is 12.6 Å². The standard InChI is InChI=1S/C10H18N2O2S/c11-10(3-4-14-7-10)9(13)12-8-1-5-15-6-2-8/h8H,1-7,11H2,(H,12,13). The van der Waals surface area contributed by atoms with Crippen molar-refractivity contribution in [3.63, 3.8) is 0 Å². The van der Waals surface area contributed by atoms with Gasteiger partial charge in [0.05, 0.1) is 6.61 Å². The summed E-state index contributed by atoms with van der Waals surface area (Å²) in [6.07, 6.45) is 2.76. The zero-order valence-electron chi connectivity index (χ0n) is 8.83. The molecule has 2 saturated heterocycles. The second-order valence-electron chi connectivity index (χ2n) is 4.32. The van der Waals surface area contributed by atoms with Crippen LogP contribution >= 0.6 is 11.8 Å². The maximum atomic E-state index is 11.9. The number of nitrogens with two attached hydrogens (primary N) is 1. The summed E-state index contributed by atoms with van der Waals surface area (Å²) in [6.45, 7) is 0.963. The van der Waals surface area contributed by atoms with E-state index in [9.17, 15) is 4.79 Å². The lowest BCUT2D eigenvalue weighted by molar-refractivity contribution is -0.127. The second kappa shape index (κ2) is 4.72. The Bertz CT molecular complexity index is 236. The van der Waals surface area contributed by atoms with Crippen molar-refractivity contribution in [2.45, 2.75) is 30.8 Å². The van der Waals surface area contributed by atoms with Crippen LogP contribution in [-0.4, -0.2) is 42.2 Å². The van der Waals surface area contributed by atoms with Crippen molar-refractivity contribution < 1.29 is 9.53 Å². The fraction of sp³-hybridized carbons (Fsp3) is 0.900. The van der Waals surface area contributed by atoms with Gasteiger partial charge in [0.25, 0.3) is 0 Å². The van der Waals surface area contributed by atoms with Gasteiger partial charge in [-0.15, -0.1) is 0 Å². The van der Waals surface area contributed by atoms with Crippen molar-refractivity contribution in [1.29, 1.82) is 0 Å². The lowest BCUT2D eigenvalue weighted by atomic mass is 9.98. The summed E-state index contributed by atoms with van der Waals surface area (Å²) in [5.41, 5.74) is 5.20. The molecule has 1 amide bonds. The van der Waals surface area contributed by atoms with Crippen molar-refractivity contribution in [2.24, 2.45) is 5.73 Å². The molecule has 2 aliphatic heterocycles. The maximum Gasteiger partial charge on any atom is 0.242 e. The Morgan fingerprint density at radius 2 is 2.20 bits per heavy atom. The molecule has 0 aromatic rings. The van der Waals surface area contributed by atoms with Crippen molar-refractivity contribution in [3.8, 4) is 0 Å². The molecule has 0 bridgehead atoms. The SMILES string of the molecule is NC1(C(=O)NC2CCSCC2)CCOC1. The molecule has 0 spiro atoms. The number of nitrogens with one attached hydrogen (secondary N) is 1. The van der Waals surface area contributed by atoms with Gasteiger partial charge in [0.2, 0.25) is 5.91 Å². The molecule has 0 aliphatic carbocycles. The van der Waals surface area contributed by atoms with Crippen LogP contribution in [0.15, 0.2) is 0 Å². The van der Waals surface area contributed by atoms with Crippen molar-refractivity contribution >= 4 is 17.7 Å². The first-order chi connectivity index (χ1) is 7.21. The quantitative estimate of drug-likeness (QED) is 0.707. The Hall–Kier alpha value is -0.260. The summed E-state index contributed by atoms with van der Waals surface area (Å²) in [5.74, 6) is 2.25. The van der Waals surface area contributed by atoms with Crippen LogP contribution < -0.4 is 11.1 Å². The number of amides is 1. The first kappa shape index (κ1) is 11.2. The normalized spacial score (nSPS) is 32.9. The zero-order valence-corrected chi connectivity index (χ0v) is 9.65. The minimum Gasteiger partial charge on any atom is -0.379 e. The van der Waals surface area contributed by atoms with E-state index in [1.165, 1.54) is 0 Å². The average Bonchev–Trinajstić information content (AvgIpc) is 2.68. The lowest BCUT2D eigenvalue weighted by Crippen LogP contribution is -2.57. The summed E-state index contributed by atoms with van der Waals surface area (Å²) >= 11 is 1.95. The average molecular weight is 230 g/mol. The summed E-state index contributed by atoms with van der Waals surface area (Å²) in [5, 5.41) is 3.04. The Morgan fingerprint density at radius 1 is 1.47 bits per heavy atom. The molecule has 2 heterocycles. The molecule has 5 heteroatoms. The molecule has 0 radical (unpaired) electrons. The van der Waals surface area contributed by atoms with Gasteiger partial charge in [-0.3, -0.25) is 4.79 Å². The van der Waals surface area contributed by atoms with E-state index in [0.717, 1.165) is 24.3 Å². The highest BCUT2D eigenvalue weighted by molar-refractivity contribution is 7.99. The number of thioether (sulfide) groups is 1. The van der Waals surface area contributed by atoms with Gasteiger partial charge in [0.15, 0.2) is 0 Å². The molecule has 2 rings (SSSR count). The summed E-state index contributed by atoms with van der Waals surface area (Å²) in [4.78, 5) is 11.9. The molecule has 3 N–H and O–H groups in total. The van der Waals surface area contributed by atoms with Crippen LogP contribution in [0.5, 0.6) is 0 Å². The van der Waals surface area contributed by atoms with E-state index >= 15 is 0 Å². The molecule has 2 aliphatic rings. The number of ether oxygens (including phenoxy) is 1. The highest BCUT2D eigenvalue weighted by Gasteiger charge is 2.39. The van der Waals surface area contributed by atoms with Crippen LogP contribution in [0.4, 0.5) is 0 Å². The zero-order chi connectivity index (χ0) is 10.7. The first-order valence-corrected chi connectivity index (χ1v) is 6.61. The Morgan fingerprint density at radius 3 is 2.80 bits per heavy atom. The van der Waals surface area contributed by atoms with E-state index in [2.05, 4.69) is 5.32 Å². The minimum absolute atomic E-state index is 0.0306. The fourth-order valence-corrected chi connectivity index (χ4v) is 3.04. The monoisotopic (exact) mass is 230 g/mol. The third kappa shape index (κ3) is 2.65. The van der Waals surface area contributed by atoms with Crippen LogP contribution in [0.3, 0.4) is 0 Å².